The Morgan fingerprint density at radius 2 is 2.14 bits per heavy atom. The first-order valence-corrected chi connectivity index (χ1v) is 7.88. The van der Waals surface area contributed by atoms with E-state index in [1.54, 1.807) is 6.07 Å². The van der Waals surface area contributed by atoms with Crippen molar-refractivity contribution in [2.24, 2.45) is 5.10 Å². The topological polar surface area (TPSA) is 79.6 Å². The maximum atomic E-state index is 10.7. The Bertz CT molecular complexity index is 588. The predicted molar refractivity (Wildman–Crippen MR) is 91.4 cm³/mol. The van der Waals surface area contributed by atoms with Crippen molar-refractivity contribution in [3.05, 3.63) is 38.9 Å². The van der Waals surface area contributed by atoms with Gasteiger partial charge < -0.3 is 5.32 Å². The van der Waals surface area contributed by atoms with Crippen molar-refractivity contribution < 1.29 is 4.92 Å². The Morgan fingerprint density at radius 3 is 2.77 bits per heavy atom. The molecule has 1 aromatic carbocycles. The smallest absolute Gasteiger partial charge is 0.287 e. The minimum Gasteiger partial charge on any atom is -0.359 e. The van der Waals surface area contributed by atoms with E-state index in [0.717, 1.165) is 12.8 Å². The fourth-order valence-electron chi connectivity index (χ4n) is 2.38. The predicted octanol–water partition coefficient (Wildman–Crippen LogP) is 3.38. The van der Waals surface area contributed by atoms with Gasteiger partial charge in [0.2, 0.25) is 0 Å². The van der Waals surface area contributed by atoms with Gasteiger partial charge >= 0.3 is 0 Å². The van der Waals surface area contributed by atoms with Crippen LogP contribution in [0.25, 0.3) is 0 Å². The van der Waals surface area contributed by atoms with E-state index in [1.165, 1.54) is 37.6 Å². The highest BCUT2D eigenvalue weighted by Crippen LogP contribution is 2.24. The number of nitro benzene ring substituents is 1. The molecule has 6 nitrogen and oxygen atoms in total. The van der Waals surface area contributed by atoms with E-state index < -0.39 is 4.92 Å². The van der Waals surface area contributed by atoms with Gasteiger partial charge in [0.25, 0.3) is 5.69 Å². The average Bonchev–Trinajstić information content (AvgIpc) is 2.48. The lowest BCUT2D eigenvalue weighted by atomic mass is 9.96. The van der Waals surface area contributed by atoms with E-state index in [-0.39, 0.29) is 10.7 Å². The van der Waals surface area contributed by atoms with Crippen LogP contribution in [0.4, 0.5) is 5.69 Å². The van der Waals surface area contributed by atoms with Crippen molar-refractivity contribution in [3.63, 3.8) is 0 Å². The van der Waals surface area contributed by atoms with Gasteiger partial charge in [0.1, 0.15) is 5.02 Å². The van der Waals surface area contributed by atoms with Crippen LogP contribution in [0.5, 0.6) is 0 Å². The van der Waals surface area contributed by atoms with Crippen LogP contribution in [0, 0.1) is 10.1 Å². The number of hydrazone groups is 1. The summed E-state index contributed by atoms with van der Waals surface area (Å²) in [5, 5.41) is 18.5. The third-order valence-electron chi connectivity index (χ3n) is 3.49. The zero-order chi connectivity index (χ0) is 15.9. The van der Waals surface area contributed by atoms with Crippen molar-refractivity contribution in [2.45, 2.75) is 38.1 Å². The van der Waals surface area contributed by atoms with Crippen LogP contribution in [-0.4, -0.2) is 22.3 Å². The summed E-state index contributed by atoms with van der Waals surface area (Å²) in [6.07, 6.45) is 7.52. The highest BCUT2D eigenvalue weighted by atomic mass is 35.5. The van der Waals surface area contributed by atoms with Crippen LogP contribution in [0.2, 0.25) is 5.02 Å². The molecule has 1 aliphatic rings. The van der Waals surface area contributed by atoms with Gasteiger partial charge in [-0.15, -0.1) is 0 Å². The molecule has 1 saturated carbocycles. The zero-order valence-corrected chi connectivity index (χ0v) is 13.5. The number of hydrogen-bond acceptors (Lipinski definition) is 4. The maximum absolute atomic E-state index is 10.7. The molecule has 0 amide bonds. The first-order valence-electron chi connectivity index (χ1n) is 7.10. The van der Waals surface area contributed by atoms with Crippen molar-refractivity contribution in [2.75, 3.05) is 0 Å². The summed E-state index contributed by atoms with van der Waals surface area (Å²) in [6.45, 7) is 0. The molecule has 0 heterocycles. The summed E-state index contributed by atoms with van der Waals surface area (Å²) in [6, 6.07) is 4.83. The molecule has 2 N–H and O–H groups in total. The molecule has 118 valence electrons. The number of rotatable bonds is 4. The molecule has 8 heteroatoms. The van der Waals surface area contributed by atoms with Crippen LogP contribution in [0.3, 0.4) is 0 Å². The lowest BCUT2D eigenvalue weighted by Crippen LogP contribution is -2.40. The summed E-state index contributed by atoms with van der Waals surface area (Å²) in [4.78, 5) is 10.2. The van der Waals surface area contributed by atoms with Gasteiger partial charge in [-0.25, -0.2) is 0 Å². The molecule has 0 saturated heterocycles. The standard InChI is InChI=1S/C14H17ClN4O2S/c15-12-8-10(6-7-13(12)19(20)21)9-16-18-14(22)17-11-4-2-1-3-5-11/h6-9,11H,1-5H2,(H2,17,18,22). The Balaban J connectivity index is 1.85. The van der Waals surface area contributed by atoms with Crippen LogP contribution in [-0.2, 0) is 0 Å². The van der Waals surface area contributed by atoms with E-state index in [2.05, 4.69) is 15.8 Å². The molecular formula is C14H17ClN4O2S. The Labute approximate surface area is 139 Å². The Kier molecular flexibility index (Phi) is 6.09. The van der Waals surface area contributed by atoms with E-state index in [4.69, 9.17) is 23.8 Å². The van der Waals surface area contributed by atoms with Gasteiger partial charge in [-0.3, -0.25) is 15.5 Å². The third kappa shape index (κ3) is 4.92. The monoisotopic (exact) mass is 340 g/mol. The summed E-state index contributed by atoms with van der Waals surface area (Å²) in [5.41, 5.74) is 3.28. The number of nitro groups is 1. The number of hydrogen-bond donors (Lipinski definition) is 2. The van der Waals surface area contributed by atoms with Crippen molar-refractivity contribution in [1.29, 1.82) is 0 Å². The van der Waals surface area contributed by atoms with Crippen LogP contribution < -0.4 is 10.7 Å². The molecule has 0 radical (unpaired) electrons. The molecule has 2 rings (SSSR count). The van der Waals surface area contributed by atoms with Gasteiger partial charge in [-0.05, 0) is 42.8 Å². The molecule has 0 bridgehead atoms. The second kappa shape index (κ2) is 8.05. The molecular weight excluding hydrogens is 324 g/mol. The SMILES string of the molecule is O=[N+]([O-])c1ccc(C=NNC(=S)NC2CCCCC2)cc1Cl. The van der Waals surface area contributed by atoms with Gasteiger partial charge in [0.15, 0.2) is 5.11 Å². The Hall–Kier alpha value is -1.73. The first-order chi connectivity index (χ1) is 10.6. The molecule has 0 unspecified atom stereocenters. The minimum absolute atomic E-state index is 0.0804. The van der Waals surface area contributed by atoms with Crippen LogP contribution in [0.1, 0.15) is 37.7 Å². The lowest BCUT2D eigenvalue weighted by molar-refractivity contribution is -0.384. The van der Waals surface area contributed by atoms with Crippen LogP contribution in [0.15, 0.2) is 23.3 Å². The Morgan fingerprint density at radius 1 is 1.41 bits per heavy atom. The summed E-state index contributed by atoms with van der Waals surface area (Å²) >= 11 is 11.0. The highest BCUT2D eigenvalue weighted by molar-refractivity contribution is 7.80. The van der Waals surface area contributed by atoms with E-state index in [1.807, 2.05) is 0 Å². The summed E-state index contributed by atoms with van der Waals surface area (Å²) < 4.78 is 0. The minimum atomic E-state index is -0.523. The molecule has 0 atom stereocenters. The molecule has 0 aliphatic heterocycles. The molecule has 0 aromatic heterocycles. The van der Waals surface area contributed by atoms with Gasteiger partial charge in [-0.2, -0.15) is 5.10 Å². The second-order valence-corrected chi connectivity index (χ2v) is 5.96. The molecule has 1 aliphatic carbocycles. The maximum Gasteiger partial charge on any atom is 0.287 e. The van der Waals surface area contributed by atoms with Crippen molar-refractivity contribution >= 4 is 40.8 Å². The van der Waals surface area contributed by atoms with Gasteiger partial charge in [-0.1, -0.05) is 30.9 Å². The quantitative estimate of drug-likeness (QED) is 0.380. The van der Waals surface area contributed by atoms with E-state index in [0.29, 0.717) is 16.7 Å². The molecule has 0 spiro atoms. The number of benzene rings is 1. The third-order valence-corrected chi connectivity index (χ3v) is 4.00. The molecule has 1 fully saturated rings. The van der Waals surface area contributed by atoms with Crippen molar-refractivity contribution in [1.82, 2.24) is 10.7 Å². The number of nitrogens with zero attached hydrogens (tertiary/aromatic N) is 2. The second-order valence-electron chi connectivity index (χ2n) is 5.15. The zero-order valence-electron chi connectivity index (χ0n) is 11.9. The largest absolute Gasteiger partial charge is 0.359 e. The average molecular weight is 341 g/mol. The molecule has 22 heavy (non-hydrogen) atoms. The number of nitrogens with one attached hydrogen (secondary N) is 2. The lowest BCUT2D eigenvalue weighted by Gasteiger charge is -2.23. The number of thiocarbonyl (C=S) groups is 1. The van der Waals surface area contributed by atoms with Gasteiger partial charge in [0, 0.05) is 12.1 Å². The van der Waals surface area contributed by atoms with Crippen molar-refractivity contribution in [3.8, 4) is 0 Å². The van der Waals surface area contributed by atoms with Gasteiger partial charge in [0.05, 0.1) is 11.1 Å². The van der Waals surface area contributed by atoms with Crippen LogP contribution >= 0.6 is 23.8 Å². The fraction of sp³-hybridized carbons (Fsp3) is 0.429. The highest BCUT2D eigenvalue weighted by Gasteiger charge is 2.13. The van der Waals surface area contributed by atoms with E-state index >= 15 is 0 Å². The molecule has 1 aromatic rings. The summed E-state index contributed by atoms with van der Waals surface area (Å²) in [7, 11) is 0. The van der Waals surface area contributed by atoms with E-state index in [9.17, 15) is 10.1 Å². The normalized spacial score (nSPS) is 15.7. The fourth-order valence-corrected chi connectivity index (χ4v) is 2.86. The first kappa shape index (κ1) is 16.6. The number of halogens is 1. The summed E-state index contributed by atoms with van der Waals surface area (Å²) in [5.74, 6) is 0.